The second-order valence-corrected chi connectivity index (χ2v) is 9.67. The Morgan fingerprint density at radius 1 is 1.20 bits per heavy atom. The molecule has 1 aliphatic rings. The van der Waals surface area contributed by atoms with Crippen molar-refractivity contribution in [2.75, 3.05) is 13.6 Å². The standard InChI is InChI=1S/C13H17BN2O2.C9H19NO2/c1-12(2)13(3,4)18-14(17-12)9-5-6-10-11(7-9)16-8-15-10;1-6-7-10(5)8(11)12-9(2,3)4/h5-8H,1-4H3,(H,15,16);6-7H2,1-5H3. The molecule has 1 aliphatic heterocycles. The summed E-state index contributed by atoms with van der Waals surface area (Å²) in [4.78, 5) is 20.1. The quantitative estimate of drug-likeness (QED) is 0.761. The van der Waals surface area contributed by atoms with Gasteiger partial charge in [-0.25, -0.2) is 9.78 Å². The highest BCUT2D eigenvalue weighted by Crippen LogP contribution is 2.36. The minimum absolute atomic E-state index is 0.246. The number of fused-ring (bicyclic) bond motifs is 1. The van der Waals surface area contributed by atoms with Gasteiger partial charge in [-0.3, -0.25) is 0 Å². The smallest absolute Gasteiger partial charge is 0.444 e. The molecule has 2 heterocycles. The number of ether oxygens (including phenoxy) is 1. The van der Waals surface area contributed by atoms with Crippen LogP contribution in [-0.2, 0) is 14.0 Å². The largest absolute Gasteiger partial charge is 0.494 e. The Morgan fingerprint density at radius 3 is 2.33 bits per heavy atom. The molecule has 0 bridgehead atoms. The van der Waals surface area contributed by atoms with Gasteiger partial charge in [0, 0.05) is 13.6 Å². The maximum atomic E-state index is 11.3. The Bertz CT molecular complexity index is 841. The lowest BCUT2D eigenvalue weighted by molar-refractivity contribution is 0.00578. The molecular formula is C22H36BN3O4. The maximum absolute atomic E-state index is 11.3. The van der Waals surface area contributed by atoms with E-state index in [4.69, 9.17) is 14.0 Å². The molecule has 1 N–H and O–H groups in total. The average molecular weight is 417 g/mol. The normalized spacial score (nSPS) is 17.4. The molecule has 1 fully saturated rings. The van der Waals surface area contributed by atoms with Crippen molar-refractivity contribution in [3.8, 4) is 0 Å². The van der Waals surface area contributed by atoms with Crippen LogP contribution in [0.25, 0.3) is 11.0 Å². The molecule has 166 valence electrons. The number of rotatable bonds is 3. The summed E-state index contributed by atoms with van der Waals surface area (Å²) in [5, 5.41) is 0. The fraction of sp³-hybridized carbons (Fsp3) is 0.636. The van der Waals surface area contributed by atoms with Crippen molar-refractivity contribution in [2.24, 2.45) is 0 Å². The highest BCUT2D eigenvalue weighted by atomic mass is 16.7. The molecular weight excluding hydrogens is 381 g/mol. The number of imidazole rings is 1. The SMILES string of the molecule is CC1(C)OB(c2ccc3nc[nH]c3c2)OC1(C)C.CCCN(C)C(=O)OC(C)(C)C. The predicted molar refractivity (Wildman–Crippen MR) is 121 cm³/mol. The molecule has 7 nitrogen and oxygen atoms in total. The van der Waals surface area contributed by atoms with Gasteiger partial charge in [-0.2, -0.15) is 0 Å². The van der Waals surface area contributed by atoms with Crippen molar-refractivity contribution in [1.29, 1.82) is 0 Å². The van der Waals surface area contributed by atoms with Crippen LogP contribution in [0.15, 0.2) is 24.5 Å². The molecule has 0 radical (unpaired) electrons. The molecule has 1 aromatic heterocycles. The molecule has 1 aromatic carbocycles. The monoisotopic (exact) mass is 417 g/mol. The van der Waals surface area contributed by atoms with Gasteiger partial charge >= 0.3 is 13.2 Å². The lowest BCUT2D eigenvalue weighted by Crippen LogP contribution is -2.41. The van der Waals surface area contributed by atoms with Crippen molar-refractivity contribution < 1.29 is 18.8 Å². The second kappa shape index (κ2) is 8.98. The predicted octanol–water partition coefficient (Wildman–Crippen LogP) is 4.13. The summed E-state index contributed by atoms with van der Waals surface area (Å²) in [6.45, 7) is 16.6. The first-order valence-corrected chi connectivity index (χ1v) is 10.5. The van der Waals surface area contributed by atoms with E-state index in [1.165, 1.54) is 0 Å². The molecule has 1 amide bonds. The van der Waals surface area contributed by atoms with Gasteiger partial charge in [-0.1, -0.05) is 13.0 Å². The number of carbonyl (C=O) groups is 1. The Labute approximate surface area is 180 Å². The Balaban J connectivity index is 0.000000235. The van der Waals surface area contributed by atoms with Crippen LogP contribution in [0.2, 0.25) is 0 Å². The molecule has 8 heteroatoms. The summed E-state index contributed by atoms with van der Waals surface area (Å²) in [6, 6.07) is 6.02. The van der Waals surface area contributed by atoms with Gasteiger partial charge in [-0.05, 0) is 72.5 Å². The number of nitrogens with zero attached hydrogens (tertiary/aromatic N) is 2. The highest BCUT2D eigenvalue weighted by molar-refractivity contribution is 6.62. The number of H-pyrrole nitrogens is 1. The molecule has 0 aliphatic carbocycles. The number of hydrogen-bond donors (Lipinski definition) is 1. The zero-order valence-corrected chi connectivity index (χ0v) is 19.8. The summed E-state index contributed by atoms with van der Waals surface area (Å²) in [7, 11) is 1.43. The minimum atomic E-state index is -0.390. The third-order valence-corrected chi connectivity index (χ3v) is 5.23. The summed E-state index contributed by atoms with van der Waals surface area (Å²) in [6.07, 6.45) is 2.40. The maximum Gasteiger partial charge on any atom is 0.494 e. The van der Waals surface area contributed by atoms with Gasteiger partial charge in [-0.15, -0.1) is 0 Å². The van der Waals surface area contributed by atoms with Crippen LogP contribution in [0.4, 0.5) is 4.79 Å². The van der Waals surface area contributed by atoms with Crippen molar-refractivity contribution in [3.05, 3.63) is 24.5 Å². The van der Waals surface area contributed by atoms with E-state index in [1.54, 1.807) is 18.3 Å². The number of aromatic nitrogens is 2. The number of hydrogen-bond acceptors (Lipinski definition) is 5. The zero-order chi connectivity index (χ0) is 22.7. The first kappa shape index (κ1) is 24.2. The first-order chi connectivity index (χ1) is 13.8. The van der Waals surface area contributed by atoms with Crippen LogP contribution in [0.3, 0.4) is 0 Å². The molecule has 0 atom stereocenters. The minimum Gasteiger partial charge on any atom is -0.444 e. The van der Waals surface area contributed by atoms with Crippen LogP contribution in [0, 0.1) is 0 Å². The van der Waals surface area contributed by atoms with E-state index >= 15 is 0 Å². The average Bonchev–Trinajstić information content (AvgIpc) is 3.15. The number of amides is 1. The molecule has 0 spiro atoms. The Hall–Kier alpha value is -2.06. The lowest BCUT2D eigenvalue weighted by Gasteiger charge is -2.32. The van der Waals surface area contributed by atoms with Crippen molar-refractivity contribution in [3.63, 3.8) is 0 Å². The molecule has 0 saturated carbocycles. The fourth-order valence-electron chi connectivity index (χ4n) is 2.85. The van der Waals surface area contributed by atoms with Gasteiger partial charge < -0.3 is 23.9 Å². The van der Waals surface area contributed by atoms with Crippen LogP contribution < -0.4 is 5.46 Å². The summed E-state index contributed by atoms with van der Waals surface area (Å²) >= 11 is 0. The zero-order valence-electron chi connectivity index (χ0n) is 19.8. The number of carbonyl (C=O) groups excluding carboxylic acids is 1. The topological polar surface area (TPSA) is 76.7 Å². The van der Waals surface area contributed by atoms with Crippen molar-refractivity contribution in [1.82, 2.24) is 14.9 Å². The summed E-state index contributed by atoms with van der Waals surface area (Å²) in [5.74, 6) is 0. The fourth-order valence-corrected chi connectivity index (χ4v) is 2.85. The van der Waals surface area contributed by atoms with E-state index in [9.17, 15) is 4.79 Å². The Kier molecular flexibility index (Phi) is 7.25. The van der Waals surface area contributed by atoms with E-state index in [-0.39, 0.29) is 30.0 Å². The number of nitrogens with one attached hydrogen (secondary N) is 1. The van der Waals surface area contributed by atoms with E-state index in [1.807, 2.05) is 45.9 Å². The summed E-state index contributed by atoms with van der Waals surface area (Å²) < 4.78 is 17.2. The van der Waals surface area contributed by atoms with Gasteiger partial charge in [0.05, 0.1) is 28.6 Å². The lowest BCUT2D eigenvalue weighted by atomic mass is 9.79. The Morgan fingerprint density at radius 2 is 1.80 bits per heavy atom. The number of aromatic amines is 1. The van der Waals surface area contributed by atoms with Crippen LogP contribution in [0.1, 0.15) is 61.8 Å². The van der Waals surface area contributed by atoms with Gasteiger partial charge in [0.1, 0.15) is 5.60 Å². The van der Waals surface area contributed by atoms with Crippen LogP contribution >= 0.6 is 0 Å². The van der Waals surface area contributed by atoms with E-state index in [0.29, 0.717) is 0 Å². The highest BCUT2D eigenvalue weighted by Gasteiger charge is 2.51. The third-order valence-electron chi connectivity index (χ3n) is 5.23. The van der Waals surface area contributed by atoms with Crippen molar-refractivity contribution >= 4 is 29.7 Å². The van der Waals surface area contributed by atoms with E-state index < -0.39 is 0 Å². The molecule has 1 saturated heterocycles. The van der Waals surface area contributed by atoms with E-state index in [2.05, 4.69) is 37.7 Å². The van der Waals surface area contributed by atoms with Crippen LogP contribution in [0.5, 0.6) is 0 Å². The van der Waals surface area contributed by atoms with Crippen molar-refractivity contribution in [2.45, 2.75) is 78.6 Å². The van der Waals surface area contributed by atoms with E-state index in [0.717, 1.165) is 29.5 Å². The van der Waals surface area contributed by atoms with Gasteiger partial charge in [0.2, 0.25) is 0 Å². The van der Waals surface area contributed by atoms with Gasteiger partial charge in [0.15, 0.2) is 0 Å². The number of benzene rings is 1. The van der Waals surface area contributed by atoms with Crippen LogP contribution in [-0.4, -0.2) is 58.5 Å². The molecule has 2 aromatic rings. The first-order valence-electron chi connectivity index (χ1n) is 10.5. The molecule has 30 heavy (non-hydrogen) atoms. The second-order valence-electron chi connectivity index (χ2n) is 9.67. The third kappa shape index (κ3) is 5.98. The molecule has 3 rings (SSSR count). The van der Waals surface area contributed by atoms with Gasteiger partial charge in [0.25, 0.3) is 0 Å². The summed E-state index contributed by atoms with van der Waals surface area (Å²) in [5.41, 5.74) is 1.98. The molecule has 0 unspecified atom stereocenters.